The van der Waals surface area contributed by atoms with Crippen LogP contribution in [0.5, 0.6) is 5.75 Å². The van der Waals surface area contributed by atoms with Gasteiger partial charge in [0.1, 0.15) is 12.4 Å². The summed E-state index contributed by atoms with van der Waals surface area (Å²) in [5.41, 5.74) is 14.1. The van der Waals surface area contributed by atoms with E-state index >= 15 is 0 Å². The molecular formula is C20H28N2O. The smallest absolute Gasteiger partial charge is 0.119 e. The van der Waals surface area contributed by atoms with Crippen molar-refractivity contribution >= 4 is 0 Å². The highest BCUT2D eigenvalue weighted by Crippen LogP contribution is 2.30. The summed E-state index contributed by atoms with van der Waals surface area (Å²) in [6.45, 7) is 6.34. The Morgan fingerprint density at radius 1 is 0.870 bits per heavy atom. The second-order valence-corrected chi connectivity index (χ2v) is 6.22. The van der Waals surface area contributed by atoms with Crippen molar-refractivity contribution in [2.75, 3.05) is 13.1 Å². The van der Waals surface area contributed by atoms with Gasteiger partial charge in [0, 0.05) is 0 Å². The molecule has 2 aromatic carbocycles. The van der Waals surface area contributed by atoms with Gasteiger partial charge in [0.2, 0.25) is 0 Å². The summed E-state index contributed by atoms with van der Waals surface area (Å²) in [5, 5.41) is 0. The largest absolute Gasteiger partial charge is 0.489 e. The molecule has 4 N–H and O–H groups in total. The molecule has 0 radical (unpaired) electrons. The third-order valence-corrected chi connectivity index (χ3v) is 4.79. The van der Waals surface area contributed by atoms with E-state index in [1.54, 1.807) is 0 Å². The van der Waals surface area contributed by atoms with Crippen LogP contribution < -0.4 is 16.2 Å². The molecule has 2 rings (SSSR count). The molecule has 2 unspecified atom stereocenters. The molecular weight excluding hydrogens is 284 g/mol. The average molecular weight is 312 g/mol. The second-order valence-electron chi connectivity index (χ2n) is 6.22. The van der Waals surface area contributed by atoms with Crippen LogP contribution >= 0.6 is 0 Å². The van der Waals surface area contributed by atoms with Crippen LogP contribution in [-0.4, -0.2) is 13.1 Å². The van der Waals surface area contributed by atoms with Gasteiger partial charge in [0.15, 0.2) is 0 Å². The number of hydrogen-bond donors (Lipinski definition) is 2. The molecule has 0 saturated heterocycles. The molecule has 3 heteroatoms. The van der Waals surface area contributed by atoms with E-state index in [1.807, 2.05) is 30.3 Å². The Bertz CT molecular complexity index is 564. The van der Waals surface area contributed by atoms with Crippen LogP contribution in [0.1, 0.15) is 30.9 Å². The first-order valence-corrected chi connectivity index (χ1v) is 8.32. The van der Waals surface area contributed by atoms with E-state index in [4.69, 9.17) is 16.2 Å². The Kier molecular flexibility index (Phi) is 6.63. The maximum Gasteiger partial charge on any atom is 0.119 e. The minimum atomic E-state index is 0.360. The molecule has 23 heavy (non-hydrogen) atoms. The number of nitrogens with two attached hydrogens (primary N) is 2. The third-order valence-electron chi connectivity index (χ3n) is 4.79. The van der Waals surface area contributed by atoms with Crippen molar-refractivity contribution in [1.82, 2.24) is 0 Å². The molecule has 2 atom stereocenters. The molecule has 3 nitrogen and oxygen atoms in total. The highest BCUT2D eigenvalue weighted by molar-refractivity contribution is 5.30. The zero-order chi connectivity index (χ0) is 16.7. The van der Waals surface area contributed by atoms with Crippen molar-refractivity contribution in [2.45, 2.75) is 26.4 Å². The minimum Gasteiger partial charge on any atom is -0.489 e. The van der Waals surface area contributed by atoms with Gasteiger partial charge in [-0.3, -0.25) is 0 Å². The molecule has 2 aromatic rings. The second kappa shape index (κ2) is 8.70. The van der Waals surface area contributed by atoms with Crippen molar-refractivity contribution in [3.05, 3.63) is 65.7 Å². The van der Waals surface area contributed by atoms with Gasteiger partial charge in [-0.25, -0.2) is 0 Å². The van der Waals surface area contributed by atoms with Crippen LogP contribution in [0.25, 0.3) is 0 Å². The predicted molar refractivity (Wildman–Crippen MR) is 96.4 cm³/mol. The third kappa shape index (κ3) is 4.81. The number of benzene rings is 2. The van der Waals surface area contributed by atoms with Crippen molar-refractivity contribution < 1.29 is 4.74 Å². The summed E-state index contributed by atoms with van der Waals surface area (Å²) in [5.74, 6) is 2.14. The van der Waals surface area contributed by atoms with Gasteiger partial charge in [-0.1, -0.05) is 56.3 Å². The first-order valence-electron chi connectivity index (χ1n) is 8.32. The van der Waals surface area contributed by atoms with Crippen molar-refractivity contribution in [3.8, 4) is 5.75 Å². The van der Waals surface area contributed by atoms with Gasteiger partial charge in [-0.15, -0.1) is 0 Å². The highest BCUT2D eigenvalue weighted by Gasteiger charge is 2.21. The molecule has 0 aliphatic rings. The Balaban J connectivity index is 1.96. The lowest BCUT2D eigenvalue weighted by Crippen LogP contribution is -2.31. The van der Waals surface area contributed by atoms with E-state index in [0.29, 0.717) is 37.5 Å². The Hall–Kier alpha value is -1.84. The van der Waals surface area contributed by atoms with Gasteiger partial charge in [-0.2, -0.15) is 0 Å². The molecule has 0 aliphatic heterocycles. The molecule has 124 valence electrons. The zero-order valence-corrected chi connectivity index (χ0v) is 14.1. The molecule has 0 heterocycles. The first kappa shape index (κ1) is 17.5. The fourth-order valence-electron chi connectivity index (χ4n) is 2.85. The fraction of sp³-hybridized carbons (Fsp3) is 0.400. The predicted octanol–water partition coefficient (Wildman–Crippen LogP) is 3.54. The molecule has 0 aromatic heterocycles. The maximum absolute atomic E-state index is 5.84. The quantitative estimate of drug-likeness (QED) is 0.784. The summed E-state index contributed by atoms with van der Waals surface area (Å²) < 4.78 is 5.84. The van der Waals surface area contributed by atoms with Crippen molar-refractivity contribution in [2.24, 2.45) is 23.3 Å². The zero-order valence-electron chi connectivity index (χ0n) is 14.1. The number of ether oxygens (including phenoxy) is 1. The Morgan fingerprint density at radius 3 is 2.04 bits per heavy atom. The first-order chi connectivity index (χ1) is 11.2. The number of hydrogen-bond acceptors (Lipinski definition) is 3. The summed E-state index contributed by atoms with van der Waals surface area (Å²) in [6.07, 6.45) is 0. The molecule has 0 bridgehead atoms. The summed E-state index contributed by atoms with van der Waals surface area (Å²) in [6, 6.07) is 18.6. The van der Waals surface area contributed by atoms with Crippen LogP contribution in [-0.2, 0) is 6.61 Å². The monoisotopic (exact) mass is 312 g/mol. The van der Waals surface area contributed by atoms with Crippen LogP contribution in [0, 0.1) is 11.8 Å². The standard InChI is InChI=1S/C20H28N2O/c1-15(16(2)19(12-21)13-22)18-8-10-20(11-9-18)23-14-17-6-4-3-5-7-17/h3-11,15-16,19H,12-14,21-22H2,1-2H3. The van der Waals surface area contributed by atoms with E-state index in [2.05, 4.69) is 38.1 Å². The van der Waals surface area contributed by atoms with Crippen molar-refractivity contribution in [3.63, 3.8) is 0 Å². The van der Waals surface area contributed by atoms with Gasteiger partial charge >= 0.3 is 0 Å². The van der Waals surface area contributed by atoms with Gasteiger partial charge in [-0.05, 0) is 54.1 Å². The van der Waals surface area contributed by atoms with Crippen LogP contribution in [0.15, 0.2) is 54.6 Å². The maximum atomic E-state index is 5.84. The lowest BCUT2D eigenvalue weighted by Gasteiger charge is -2.27. The van der Waals surface area contributed by atoms with E-state index < -0.39 is 0 Å². The Morgan fingerprint density at radius 2 is 1.48 bits per heavy atom. The van der Waals surface area contributed by atoms with E-state index in [-0.39, 0.29) is 0 Å². The summed E-state index contributed by atoms with van der Waals surface area (Å²) in [4.78, 5) is 0. The normalized spacial score (nSPS) is 13.8. The van der Waals surface area contributed by atoms with Crippen LogP contribution in [0.3, 0.4) is 0 Å². The van der Waals surface area contributed by atoms with Gasteiger partial charge in [0.25, 0.3) is 0 Å². The average Bonchev–Trinajstić information content (AvgIpc) is 2.61. The summed E-state index contributed by atoms with van der Waals surface area (Å²) in [7, 11) is 0. The minimum absolute atomic E-state index is 0.360. The van der Waals surface area contributed by atoms with E-state index in [0.717, 1.165) is 5.75 Å². The molecule has 0 saturated carbocycles. The van der Waals surface area contributed by atoms with E-state index in [9.17, 15) is 0 Å². The SMILES string of the molecule is CC(c1ccc(OCc2ccccc2)cc1)C(C)C(CN)CN. The Labute approximate surface area is 139 Å². The van der Waals surface area contributed by atoms with Gasteiger partial charge in [0.05, 0.1) is 0 Å². The fourth-order valence-corrected chi connectivity index (χ4v) is 2.85. The van der Waals surface area contributed by atoms with Crippen LogP contribution in [0.2, 0.25) is 0 Å². The van der Waals surface area contributed by atoms with Crippen molar-refractivity contribution in [1.29, 1.82) is 0 Å². The van der Waals surface area contributed by atoms with E-state index in [1.165, 1.54) is 11.1 Å². The molecule has 0 fully saturated rings. The number of rotatable bonds is 8. The topological polar surface area (TPSA) is 61.3 Å². The molecule has 0 spiro atoms. The molecule has 0 amide bonds. The highest BCUT2D eigenvalue weighted by atomic mass is 16.5. The summed E-state index contributed by atoms with van der Waals surface area (Å²) >= 11 is 0. The lowest BCUT2D eigenvalue weighted by atomic mass is 9.80. The van der Waals surface area contributed by atoms with Crippen LogP contribution in [0.4, 0.5) is 0 Å². The molecule has 0 aliphatic carbocycles. The van der Waals surface area contributed by atoms with Gasteiger partial charge < -0.3 is 16.2 Å². The lowest BCUT2D eigenvalue weighted by molar-refractivity contribution is 0.305.